The van der Waals surface area contributed by atoms with Gasteiger partial charge >= 0.3 is 0 Å². The lowest BCUT2D eigenvalue weighted by Crippen LogP contribution is -2.44. The molecule has 0 unspecified atom stereocenters. The van der Waals surface area contributed by atoms with Crippen molar-refractivity contribution in [1.29, 1.82) is 0 Å². The van der Waals surface area contributed by atoms with Crippen LogP contribution in [0.15, 0.2) is 41.4 Å². The molecule has 4 rings (SSSR count). The van der Waals surface area contributed by atoms with Gasteiger partial charge in [0.15, 0.2) is 11.6 Å². The van der Waals surface area contributed by atoms with Crippen LogP contribution in [0.2, 0.25) is 5.02 Å². The number of thioether (sulfide) groups is 1. The third-order valence-electron chi connectivity index (χ3n) is 5.19. The molecule has 2 aliphatic rings. The molecule has 136 valence electrons. The summed E-state index contributed by atoms with van der Waals surface area (Å²) in [7, 11) is 0. The van der Waals surface area contributed by atoms with E-state index >= 15 is 0 Å². The molecule has 1 saturated heterocycles. The predicted molar refractivity (Wildman–Crippen MR) is 105 cm³/mol. The van der Waals surface area contributed by atoms with Gasteiger partial charge in [0.1, 0.15) is 5.84 Å². The smallest absolute Gasteiger partial charge is 0.160 e. The van der Waals surface area contributed by atoms with E-state index in [0.717, 1.165) is 41.3 Å². The molecule has 2 aromatic rings. The lowest BCUT2D eigenvalue weighted by Gasteiger charge is -2.42. The van der Waals surface area contributed by atoms with Gasteiger partial charge in [-0.3, -0.25) is 4.99 Å². The molecule has 2 heterocycles. The fourth-order valence-electron chi connectivity index (χ4n) is 3.75. The van der Waals surface area contributed by atoms with Crippen molar-refractivity contribution in [3.63, 3.8) is 0 Å². The highest BCUT2D eigenvalue weighted by atomic mass is 35.5. The van der Waals surface area contributed by atoms with Gasteiger partial charge < -0.3 is 5.32 Å². The van der Waals surface area contributed by atoms with Crippen molar-refractivity contribution < 1.29 is 8.78 Å². The van der Waals surface area contributed by atoms with Crippen LogP contribution in [0.1, 0.15) is 24.0 Å². The molecule has 2 aliphatic heterocycles. The number of fused-ring (bicyclic) bond motifs is 1. The lowest BCUT2D eigenvalue weighted by atomic mass is 9.72. The Morgan fingerprint density at radius 2 is 1.88 bits per heavy atom. The van der Waals surface area contributed by atoms with E-state index in [4.69, 9.17) is 16.6 Å². The topological polar surface area (TPSA) is 24.4 Å². The van der Waals surface area contributed by atoms with Crippen LogP contribution in [0.3, 0.4) is 0 Å². The van der Waals surface area contributed by atoms with Crippen LogP contribution >= 0.6 is 23.4 Å². The minimum absolute atomic E-state index is 0.124. The Balaban J connectivity index is 1.70. The quantitative estimate of drug-likeness (QED) is 0.709. The first-order chi connectivity index (χ1) is 12.6. The Hall–Kier alpha value is -1.59. The molecule has 0 saturated carbocycles. The van der Waals surface area contributed by atoms with Gasteiger partial charge in [-0.15, -0.1) is 0 Å². The second-order valence-corrected chi connectivity index (χ2v) is 8.57. The highest BCUT2D eigenvalue weighted by Gasteiger charge is 2.41. The van der Waals surface area contributed by atoms with E-state index in [9.17, 15) is 8.78 Å². The average molecular weight is 393 g/mol. The SMILES string of the molecule is Fc1cc2c(cc1F)NC(=NCc1cccc(Cl)c1)C1(CCSCC1)C2. The van der Waals surface area contributed by atoms with Gasteiger partial charge in [0.2, 0.25) is 0 Å². The van der Waals surface area contributed by atoms with Gasteiger partial charge in [-0.05, 0) is 60.1 Å². The van der Waals surface area contributed by atoms with Crippen molar-refractivity contribution >= 4 is 34.9 Å². The normalized spacial score (nSPS) is 20.0. The van der Waals surface area contributed by atoms with Crippen LogP contribution in [0.5, 0.6) is 0 Å². The molecule has 6 heteroatoms. The number of rotatable bonds is 2. The zero-order valence-electron chi connectivity index (χ0n) is 14.2. The molecule has 0 atom stereocenters. The summed E-state index contributed by atoms with van der Waals surface area (Å²) in [4.78, 5) is 4.84. The average Bonchev–Trinajstić information content (AvgIpc) is 2.62. The maximum Gasteiger partial charge on any atom is 0.160 e. The number of anilines is 1. The van der Waals surface area contributed by atoms with Gasteiger partial charge in [0.05, 0.1) is 6.54 Å². The van der Waals surface area contributed by atoms with Gasteiger partial charge in [-0.25, -0.2) is 8.78 Å². The van der Waals surface area contributed by atoms with Crippen molar-refractivity contribution in [1.82, 2.24) is 0 Å². The highest BCUT2D eigenvalue weighted by molar-refractivity contribution is 7.99. The summed E-state index contributed by atoms with van der Waals surface area (Å²) >= 11 is 8.00. The molecular weight excluding hydrogens is 374 g/mol. The van der Waals surface area contributed by atoms with E-state index in [2.05, 4.69) is 5.32 Å². The van der Waals surface area contributed by atoms with E-state index in [1.807, 2.05) is 36.0 Å². The van der Waals surface area contributed by atoms with E-state index in [1.165, 1.54) is 12.1 Å². The number of halogens is 3. The number of nitrogens with zero attached hydrogens (tertiary/aromatic N) is 1. The first-order valence-corrected chi connectivity index (χ1v) is 10.2. The van der Waals surface area contributed by atoms with Crippen LogP contribution in [0, 0.1) is 17.0 Å². The summed E-state index contributed by atoms with van der Waals surface area (Å²) < 4.78 is 27.4. The summed E-state index contributed by atoms with van der Waals surface area (Å²) in [5.74, 6) is 1.37. The summed E-state index contributed by atoms with van der Waals surface area (Å²) in [6.45, 7) is 0.511. The van der Waals surface area contributed by atoms with E-state index in [1.54, 1.807) is 0 Å². The third kappa shape index (κ3) is 3.47. The van der Waals surface area contributed by atoms with Gasteiger partial charge in [0.25, 0.3) is 0 Å². The molecule has 1 spiro atoms. The molecule has 0 aromatic heterocycles. The van der Waals surface area contributed by atoms with Crippen molar-refractivity contribution in [2.75, 3.05) is 16.8 Å². The first kappa shape index (κ1) is 17.8. The molecule has 1 N–H and O–H groups in total. The molecule has 26 heavy (non-hydrogen) atoms. The summed E-state index contributed by atoms with van der Waals surface area (Å²) in [5, 5.41) is 4.00. The predicted octanol–water partition coefficient (Wildman–Crippen LogP) is 5.70. The van der Waals surface area contributed by atoms with Crippen molar-refractivity contribution in [2.45, 2.75) is 25.8 Å². The number of nitrogens with one attached hydrogen (secondary N) is 1. The van der Waals surface area contributed by atoms with E-state index in [-0.39, 0.29) is 5.41 Å². The Kier molecular flexibility index (Phi) is 4.93. The maximum atomic E-state index is 13.7. The molecule has 2 aromatic carbocycles. The van der Waals surface area contributed by atoms with Crippen LogP contribution in [0.25, 0.3) is 0 Å². The zero-order valence-corrected chi connectivity index (χ0v) is 15.8. The zero-order chi connectivity index (χ0) is 18.1. The summed E-state index contributed by atoms with van der Waals surface area (Å²) in [6, 6.07) is 10.2. The van der Waals surface area contributed by atoms with Gasteiger partial charge in [0, 0.05) is 22.2 Å². The molecular formula is C20H19ClF2N2S. The fourth-order valence-corrected chi connectivity index (χ4v) is 5.23. The van der Waals surface area contributed by atoms with Crippen LogP contribution in [0.4, 0.5) is 14.5 Å². The van der Waals surface area contributed by atoms with E-state index < -0.39 is 11.6 Å². The van der Waals surface area contributed by atoms with Crippen molar-refractivity contribution in [2.24, 2.45) is 10.4 Å². The number of hydrogen-bond donors (Lipinski definition) is 1. The molecule has 1 fully saturated rings. The van der Waals surface area contributed by atoms with Crippen molar-refractivity contribution in [3.8, 4) is 0 Å². The minimum atomic E-state index is -0.833. The number of hydrogen-bond acceptors (Lipinski definition) is 2. The molecule has 0 amide bonds. The fraction of sp³-hybridized carbons (Fsp3) is 0.350. The van der Waals surface area contributed by atoms with Crippen LogP contribution in [-0.2, 0) is 13.0 Å². The van der Waals surface area contributed by atoms with E-state index in [0.29, 0.717) is 23.7 Å². The number of amidine groups is 1. The summed E-state index contributed by atoms with van der Waals surface area (Å²) in [5.41, 5.74) is 2.36. The van der Waals surface area contributed by atoms with Crippen LogP contribution < -0.4 is 5.32 Å². The Morgan fingerprint density at radius 1 is 1.12 bits per heavy atom. The monoisotopic (exact) mass is 392 g/mol. The lowest BCUT2D eigenvalue weighted by molar-refractivity contribution is 0.375. The first-order valence-electron chi connectivity index (χ1n) is 8.68. The molecule has 0 aliphatic carbocycles. The Labute approximate surface area is 161 Å². The molecule has 2 nitrogen and oxygen atoms in total. The highest BCUT2D eigenvalue weighted by Crippen LogP contribution is 2.44. The standard InChI is InChI=1S/C20H19ClF2N2S/c21-15-3-1-2-13(8-15)12-24-19-20(4-6-26-7-5-20)11-14-9-16(22)17(23)10-18(14)25-19/h1-3,8-10H,4-7,11-12H2,(H,24,25). The minimum Gasteiger partial charge on any atom is -0.343 e. The molecule has 0 bridgehead atoms. The second kappa shape index (κ2) is 7.20. The number of aliphatic imine (C=N–C) groups is 1. The number of benzene rings is 2. The van der Waals surface area contributed by atoms with Crippen LogP contribution in [-0.4, -0.2) is 17.3 Å². The molecule has 0 radical (unpaired) electrons. The summed E-state index contributed by atoms with van der Waals surface area (Å²) in [6.07, 6.45) is 2.66. The Morgan fingerprint density at radius 3 is 2.65 bits per heavy atom. The van der Waals surface area contributed by atoms with Crippen molar-refractivity contribution in [3.05, 3.63) is 64.2 Å². The third-order valence-corrected chi connectivity index (χ3v) is 6.41. The largest absolute Gasteiger partial charge is 0.343 e. The van der Waals surface area contributed by atoms with Gasteiger partial charge in [-0.1, -0.05) is 23.7 Å². The second-order valence-electron chi connectivity index (χ2n) is 6.91. The van der Waals surface area contributed by atoms with Gasteiger partial charge in [-0.2, -0.15) is 11.8 Å². The maximum absolute atomic E-state index is 13.7. The Bertz CT molecular complexity index is 863.